The van der Waals surface area contributed by atoms with Crippen LogP contribution in [0.25, 0.3) is 82.6 Å². The van der Waals surface area contributed by atoms with Crippen LogP contribution >= 0.6 is 0 Å². The predicted molar refractivity (Wildman–Crippen MR) is 246 cm³/mol. The third kappa shape index (κ3) is 5.74. The second kappa shape index (κ2) is 14.1. The highest BCUT2D eigenvalue weighted by molar-refractivity contribution is 6.19. The van der Waals surface area contributed by atoms with E-state index in [1.165, 1.54) is 82.6 Å². The maximum absolute atomic E-state index is 2.45. The first-order valence-corrected chi connectivity index (χ1v) is 19.9. The van der Waals surface area contributed by atoms with Gasteiger partial charge in [-0.1, -0.05) is 182 Å². The molecule has 0 aliphatic carbocycles. The van der Waals surface area contributed by atoms with Gasteiger partial charge >= 0.3 is 0 Å². The topological polar surface area (TPSA) is 7.65 Å². The minimum absolute atomic E-state index is 1.11. The molecule has 2 heterocycles. The third-order valence-electron chi connectivity index (χ3n) is 11.6. The molecule has 0 aliphatic heterocycles. The van der Waals surface area contributed by atoms with Crippen molar-refractivity contribution in [3.63, 3.8) is 0 Å². The molecule has 58 heavy (non-hydrogen) atoms. The molecule has 0 atom stereocenters. The molecule has 2 aromatic heterocycles. The fraction of sp³-hybridized carbons (Fsp3) is 0. The fourth-order valence-corrected chi connectivity index (χ4v) is 8.82. The van der Waals surface area contributed by atoms with E-state index in [1.54, 1.807) is 0 Å². The van der Waals surface area contributed by atoms with Crippen LogP contribution < -0.4 is 4.90 Å². The van der Waals surface area contributed by atoms with E-state index in [2.05, 4.69) is 240 Å². The Morgan fingerprint density at radius 3 is 1.43 bits per heavy atom. The minimum Gasteiger partial charge on any atom is -0.310 e. The average molecular weight is 739 g/mol. The second-order valence-corrected chi connectivity index (χ2v) is 14.9. The number of anilines is 3. The molecule has 0 unspecified atom stereocenters. The molecule has 11 aromatic rings. The number of benzene rings is 9. The lowest BCUT2D eigenvalue weighted by molar-refractivity contribution is 1.26. The van der Waals surface area contributed by atoms with Crippen LogP contribution in [0.3, 0.4) is 0 Å². The van der Waals surface area contributed by atoms with Crippen molar-refractivity contribution in [2.75, 3.05) is 4.90 Å². The van der Waals surface area contributed by atoms with Crippen LogP contribution in [-0.2, 0) is 0 Å². The monoisotopic (exact) mass is 738 g/mol. The maximum atomic E-state index is 2.45. The highest BCUT2D eigenvalue weighted by atomic mass is 15.1. The molecule has 0 amide bonds. The molecule has 9 aromatic carbocycles. The third-order valence-corrected chi connectivity index (χ3v) is 11.6. The first-order valence-electron chi connectivity index (χ1n) is 19.9. The van der Waals surface area contributed by atoms with Crippen molar-refractivity contribution in [2.45, 2.75) is 0 Å². The summed E-state index contributed by atoms with van der Waals surface area (Å²) < 4.78 is 2.45. The average Bonchev–Trinajstić information content (AvgIpc) is 3.66. The zero-order valence-corrected chi connectivity index (χ0v) is 31.8. The van der Waals surface area contributed by atoms with E-state index in [0.29, 0.717) is 0 Å². The van der Waals surface area contributed by atoms with Gasteiger partial charge in [-0.25, -0.2) is 0 Å². The van der Waals surface area contributed by atoms with Gasteiger partial charge in [0, 0.05) is 27.7 Å². The summed E-state index contributed by atoms with van der Waals surface area (Å²) in [6.07, 6.45) is 0. The van der Waals surface area contributed by atoms with Gasteiger partial charge in [0.05, 0.1) is 22.4 Å². The minimum atomic E-state index is 1.11. The fourth-order valence-electron chi connectivity index (χ4n) is 8.82. The lowest BCUT2D eigenvalue weighted by Gasteiger charge is -2.27. The molecule has 0 fully saturated rings. The normalized spacial score (nSPS) is 11.4. The summed E-state index contributed by atoms with van der Waals surface area (Å²) in [6.45, 7) is 0. The van der Waals surface area contributed by atoms with Crippen LogP contribution in [-0.4, -0.2) is 4.40 Å². The van der Waals surface area contributed by atoms with Crippen LogP contribution in [0.15, 0.2) is 231 Å². The van der Waals surface area contributed by atoms with Gasteiger partial charge in [0.15, 0.2) is 0 Å². The number of rotatable bonds is 7. The zero-order valence-electron chi connectivity index (χ0n) is 31.8. The van der Waals surface area contributed by atoms with Crippen molar-refractivity contribution in [3.8, 4) is 44.6 Å². The molecule has 0 N–H and O–H groups in total. The zero-order chi connectivity index (χ0) is 38.4. The van der Waals surface area contributed by atoms with Crippen LogP contribution in [0, 0.1) is 0 Å². The molecule has 0 aliphatic rings. The van der Waals surface area contributed by atoms with Crippen molar-refractivity contribution >= 4 is 55.0 Å². The molecule has 0 saturated carbocycles. The molecule has 0 radical (unpaired) electrons. The first kappa shape index (κ1) is 33.6. The van der Waals surface area contributed by atoms with Gasteiger partial charge in [0.1, 0.15) is 0 Å². The van der Waals surface area contributed by atoms with Crippen LogP contribution in [0.4, 0.5) is 17.1 Å². The molecule has 2 heteroatoms. The Kier molecular flexibility index (Phi) is 8.19. The highest BCUT2D eigenvalue weighted by Crippen LogP contribution is 2.43. The van der Waals surface area contributed by atoms with Crippen LogP contribution in [0.2, 0.25) is 0 Å². The number of fused-ring (bicyclic) bond motifs is 6. The number of aromatic nitrogens is 1. The lowest BCUT2D eigenvalue weighted by Crippen LogP contribution is -2.10. The molecule has 11 rings (SSSR count). The van der Waals surface area contributed by atoms with Gasteiger partial charge in [-0.2, -0.15) is 0 Å². The quantitative estimate of drug-likeness (QED) is 0.158. The number of hydrogen-bond donors (Lipinski definition) is 0. The summed E-state index contributed by atoms with van der Waals surface area (Å²) in [6, 6.07) is 83.5. The maximum Gasteiger partial charge on any atom is 0.0548 e. The van der Waals surface area contributed by atoms with E-state index < -0.39 is 0 Å². The van der Waals surface area contributed by atoms with E-state index in [0.717, 1.165) is 17.1 Å². The van der Waals surface area contributed by atoms with E-state index in [1.807, 2.05) is 0 Å². The summed E-state index contributed by atoms with van der Waals surface area (Å²) in [5.41, 5.74) is 15.4. The van der Waals surface area contributed by atoms with Crippen molar-refractivity contribution in [1.29, 1.82) is 0 Å². The Morgan fingerprint density at radius 1 is 0.293 bits per heavy atom. The summed E-state index contributed by atoms with van der Waals surface area (Å²) in [5, 5.41) is 6.25. The van der Waals surface area contributed by atoms with Gasteiger partial charge in [-0.05, 0) is 98.1 Å². The number of pyridine rings is 1. The summed E-state index contributed by atoms with van der Waals surface area (Å²) in [5.74, 6) is 0. The van der Waals surface area contributed by atoms with Crippen molar-refractivity contribution < 1.29 is 0 Å². The second-order valence-electron chi connectivity index (χ2n) is 14.9. The largest absolute Gasteiger partial charge is 0.310 e. The van der Waals surface area contributed by atoms with Gasteiger partial charge in [0.2, 0.25) is 0 Å². The molecule has 2 nitrogen and oxygen atoms in total. The Labute approximate surface area is 338 Å². The SMILES string of the molecule is c1ccc(-c2ccc(N(c3ccc(-c4ccc(-c5cccc6c(-c7ccccc7)c7c8ccccc8ccc7n56)cc4)cc3)c3cccc4ccccc34)cc2)cc1. The molecule has 0 bridgehead atoms. The van der Waals surface area contributed by atoms with Crippen LogP contribution in [0.1, 0.15) is 0 Å². The molecule has 272 valence electrons. The van der Waals surface area contributed by atoms with Crippen molar-refractivity contribution in [3.05, 3.63) is 231 Å². The Morgan fingerprint density at radius 2 is 0.776 bits per heavy atom. The summed E-state index contributed by atoms with van der Waals surface area (Å²) in [7, 11) is 0. The van der Waals surface area contributed by atoms with Gasteiger partial charge in [0.25, 0.3) is 0 Å². The standard InChI is InChI=1S/C56H38N2/c1-3-13-39(14-4-1)41-29-34-47(35-30-41)57(52-23-11-19-43-15-7-9-20-49(43)52)48-36-31-42(32-37-48)40-25-27-45(28-26-40)51-22-12-24-53-55(46-17-5-2-6-18-46)56-50-21-10-8-16-44(50)33-38-54(56)58(51)53/h1-38H. The van der Waals surface area contributed by atoms with Gasteiger partial charge in [-0.3, -0.25) is 0 Å². The summed E-state index contributed by atoms with van der Waals surface area (Å²) >= 11 is 0. The molecular formula is C56H38N2. The Bertz CT molecular complexity index is 3230. The van der Waals surface area contributed by atoms with Crippen LogP contribution in [0.5, 0.6) is 0 Å². The summed E-state index contributed by atoms with van der Waals surface area (Å²) in [4.78, 5) is 2.37. The van der Waals surface area contributed by atoms with Gasteiger partial charge < -0.3 is 9.30 Å². The molecule has 0 spiro atoms. The Hall–Kier alpha value is -7.68. The smallest absolute Gasteiger partial charge is 0.0548 e. The molecule has 0 saturated heterocycles. The molecular weight excluding hydrogens is 701 g/mol. The van der Waals surface area contributed by atoms with E-state index in [-0.39, 0.29) is 0 Å². The Balaban J connectivity index is 0.977. The highest BCUT2D eigenvalue weighted by Gasteiger charge is 2.19. The van der Waals surface area contributed by atoms with Crippen molar-refractivity contribution in [2.24, 2.45) is 0 Å². The van der Waals surface area contributed by atoms with E-state index in [4.69, 9.17) is 0 Å². The lowest BCUT2D eigenvalue weighted by atomic mass is 9.98. The van der Waals surface area contributed by atoms with Gasteiger partial charge in [-0.15, -0.1) is 0 Å². The number of nitrogens with zero attached hydrogens (tertiary/aromatic N) is 2. The van der Waals surface area contributed by atoms with Crippen molar-refractivity contribution in [1.82, 2.24) is 4.40 Å². The van der Waals surface area contributed by atoms with E-state index >= 15 is 0 Å². The first-order chi connectivity index (χ1) is 28.8. The predicted octanol–water partition coefficient (Wildman–Crippen LogP) is 15.5. The van der Waals surface area contributed by atoms with E-state index in [9.17, 15) is 0 Å². The number of hydrogen-bond acceptors (Lipinski definition) is 1.